The van der Waals surface area contributed by atoms with Crippen molar-refractivity contribution >= 4 is 17.7 Å². The fourth-order valence-corrected chi connectivity index (χ4v) is 5.03. The van der Waals surface area contributed by atoms with E-state index in [-0.39, 0.29) is 49.8 Å². The van der Waals surface area contributed by atoms with Gasteiger partial charge in [-0.1, -0.05) is 42.5 Å². The summed E-state index contributed by atoms with van der Waals surface area (Å²) < 4.78 is 16.5. The second kappa shape index (κ2) is 11.7. The number of carbonyl (C=O) groups is 3. The highest BCUT2D eigenvalue weighted by Crippen LogP contribution is 2.41. The minimum atomic E-state index is -1.25. The molecule has 3 amide bonds. The van der Waals surface area contributed by atoms with Gasteiger partial charge in [0.25, 0.3) is 0 Å². The predicted octanol–water partition coefficient (Wildman–Crippen LogP) is 2.94. The number of hydrogen-bond acceptors (Lipinski definition) is 6. The Hall–Kier alpha value is -3.23. The summed E-state index contributed by atoms with van der Waals surface area (Å²) in [6.45, 7) is 2.07. The molecule has 0 aromatic heterocycles. The first-order valence-electron chi connectivity index (χ1n) is 12.4. The number of rotatable bonds is 10. The minimum Gasteiger partial charge on any atom is -0.497 e. The van der Waals surface area contributed by atoms with Crippen molar-refractivity contribution in [2.24, 2.45) is 0 Å². The summed E-state index contributed by atoms with van der Waals surface area (Å²) in [7, 11) is 3.07. The molecule has 8 nitrogen and oxygen atoms in total. The van der Waals surface area contributed by atoms with Gasteiger partial charge in [-0.15, -0.1) is 0 Å². The average molecular weight is 495 g/mol. The van der Waals surface area contributed by atoms with Crippen LogP contribution in [-0.4, -0.2) is 74.1 Å². The van der Waals surface area contributed by atoms with Gasteiger partial charge in [0.1, 0.15) is 5.75 Å². The van der Waals surface area contributed by atoms with Gasteiger partial charge >= 0.3 is 0 Å². The molecule has 0 saturated carbocycles. The maximum Gasteiger partial charge on any atom is 0.240 e. The molecule has 0 radical (unpaired) electrons. The van der Waals surface area contributed by atoms with E-state index in [1.165, 1.54) is 12.0 Å². The van der Waals surface area contributed by atoms with Gasteiger partial charge in [-0.25, -0.2) is 0 Å². The van der Waals surface area contributed by atoms with E-state index in [1.807, 2.05) is 30.3 Å². The third kappa shape index (κ3) is 5.60. The number of carbonyl (C=O) groups excluding carboxylic acids is 3. The summed E-state index contributed by atoms with van der Waals surface area (Å²) >= 11 is 0. The predicted molar refractivity (Wildman–Crippen MR) is 133 cm³/mol. The third-order valence-corrected chi connectivity index (χ3v) is 7.13. The van der Waals surface area contributed by atoms with Gasteiger partial charge in [0.2, 0.25) is 17.7 Å². The number of ether oxygens (including phenoxy) is 3. The Balaban J connectivity index is 1.45. The van der Waals surface area contributed by atoms with E-state index in [0.717, 1.165) is 18.4 Å². The van der Waals surface area contributed by atoms with Crippen molar-refractivity contribution in [1.82, 2.24) is 9.80 Å². The molecule has 1 unspecified atom stereocenters. The topological polar surface area (TPSA) is 85.4 Å². The first-order valence-corrected chi connectivity index (χ1v) is 12.4. The lowest BCUT2D eigenvalue weighted by Gasteiger charge is -2.35. The van der Waals surface area contributed by atoms with Crippen LogP contribution in [0.1, 0.15) is 36.8 Å². The van der Waals surface area contributed by atoms with E-state index in [9.17, 15) is 14.4 Å². The van der Waals surface area contributed by atoms with Crippen LogP contribution in [0.4, 0.5) is 0 Å². The smallest absolute Gasteiger partial charge is 0.240 e. The molecule has 4 rings (SSSR count). The minimum absolute atomic E-state index is 0.0505. The summed E-state index contributed by atoms with van der Waals surface area (Å²) in [5.41, 5.74) is 0.491. The molecule has 1 atom stereocenters. The van der Waals surface area contributed by atoms with Crippen LogP contribution in [0.15, 0.2) is 54.6 Å². The number of imide groups is 1. The number of amides is 3. The van der Waals surface area contributed by atoms with Crippen molar-refractivity contribution in [3.63, 3.8) is 0 Å². The summed E-state index contributed by atoms with van der Waals surface area (Å²) in [6, 6.07) is 17.1. The Bertz CT molecular complexity index is 1070. The summed E-state index contributed by atoms with van der Waals surface area (Å²) in [5, 5.41) is 0. The standard InChI is InChI=1S/C28H34N2O6/c1-34-16-15-30-26(32)19-28(27(30)33,22-9-6-10-24(17-22)35-2)18-25(31)29-13-11-23(12-14-29)36-20-21-7-4-3-5-8-21/h3-10,17,23H,11-16,18-20H2,1-2H3. The molecule has 2 heterocycles. The monoisotopic (exact) mass is 494 g/mol. The largest absolute Gasteiger partial charge is 0.497 e. The first-order chi connectivity index (χ1) is 17.5. The van der Waals surface area contributed by atoms with Crippen molar-refractivity contribution in [2.45, 2.75) is 43.8 Å². The van der Waals surface area contributed by atoms with E-state index in [4.69, 9.17) is 14.2 Å². The first kappa shape index (κ1) is 25.9. The van der Waals surface area contributed by atoms with Gasteiger partial charge in [-0.3, -0.25) is 19.3 Å². The fourth-order valence-electron chi connectivity index (χ4n) is 5.03. The molecular formula is C28H34N2O6. The molecule has 8 heteroatoms. The quantitative estimate of drug-likeness (QED) is 0.472. The fraction of sp³-hybridized carbons (Fsp3) is 0.464. The Morgan fingerprint density at radius 3 is 2.47 bits per heavy atom. The zero-order valence-electron chi connectivity index (χ0n) is 21.0. The van der Waals surface area contributed by atoms with Crippen LogP contribution in [0.25, 0.3) is 0 Å². The van der Waals surface area contributed by atoms with E-state index in [1.54, 1.807) is 36.3 Å². The molecule has 2 aromatic carbocycles. The molecule has 2 aromatic rings. The Morgan fingerprint density at radius 2 is 1.78 bits per heavy atom. The number of methoxy groups -OCH3 is 2. The van der Waals surface area contributed by atoms with Gasteiger partial charge in [0, 0.05) is 33.0 Å². The summed E-state index contributed by atoms with van der Waals surface area (Å²) in [6.07, 6.45) is 1.44. The highest BCUT2D eigenvalue weighted by Gasteiger charge is 2.54. The van der Waals surface area contributed by atoms with E-state index >= 15 is 0 Å². The van der Waals surface area contributed by atoms with Crippen LogP contribution in [0.2, 0.25) is 0 Å². The molecule has 2 aliphatic rings. The number of hydrogen-bond donors (Lipinski definition) is 0. The van der Waals surface area contributed by atoms with Gasteiger partial charge in [-0.2, -0.15) is 0 Å². The molecule has 2 saturated heterocycles. The Morgan fingerprint density at radius 1 is 1.03 bits per heavy atom. The molecule has 0 spiro atoms. The lowest BCUT2D eigenvalue weighted by molar-refractivity contribution is -0.144. The highest BCUT2D eigenvalue weighted by atomic mass is 16.5. The van der Waals surface area contributed by atoms with Gasteiger partial charge < -0.3 is 19.1 Å². The van der Waals surface area contributed by atoms with E-state index in [0.29, 0.717) is 31.0 Å². The van der Waals surface area contributed by atoms with Crippen molar-refractivity contribution in [1.29, 1.82) is 0 Å². The molecule has 2 fully saturated rings. The molecule has 0 N–H and O–H groups in total. The molecule has 2 aliphatic heterocycles. The van der Waals surface area contributed by atoms with Crippen LogP contribution in [0, 0.1) is 0 Å². The van der Waals surface area contributed by atoms with Crippen molar-refractivity contribution in [3.05, 3.63) is 65.7 Å². The highest BCUT2D eigenvalue weighted by molar-refractivity contribution is 6.10. The van der Waals surface area contributed by atoms with E-state index in [2.05, 4.69) is 0 Å². The van der Waals surface area contributed by atoms with Crippen molar-refractivity contribution in [2.75, 3.05) is 40.5 Å². The third-order valence-electron chi connectivity index (χ3n) is 7.13. The van der Waals surface area contributed by atoms with Gasteiger partial charge in [-0.05, 0) is 36.1 Å². The number of benzene rings is 2. The lowest BCUT2D eigenvalue weighted by atomic mass is 9.75. The van der Waals surface area contributed by atoms with Crippen LogP contribution in [-0.2, 0) is 35.9 Å². The number of piperidine rings is 1. The van der Waals surface area contributed by atoms with Crippen molar-refractivity contribution in [3.8, 4) is 5.75 Å². The zero-order chi connectivity index (χ0) is 25.5. The molecule has 192 valence electrons. The van der Waals surface area contributed by atoms with Crippen molar-refractivity contribution < 1.29 is 28.6 Å². The maximum absolute atomic E-state index is 13.7. The summed E-state index contributed by atoms with van der Waals surface area (Å²) in [4.78, 5) is 43.1. The molecule has 0 bridgehead atoms. The summed E-state index contributed by atoms with van der Waals surface area (Å²) in [5.74, 6) is -0.201. The molecule has 0 aliphatic carbocycles. The van der Waals surface area contributed by atoms with Crippen LogP contribution in [0.5, 0.6) is 5.75 Å². The number of nitrogens with zero attached hydrogens (tertiary/aromatic N) is 2. The van der Waals surface area contributed by atoms with Gasteiger partial charge in [0.05, 0.1) is 38.4 Å². The molecule has 36 heavy (non-hydrogen) atoms. The second-order valence-corrected chi connectivity index (χ2v) is 9.39. The van der Waals surface area contributed by atoms with Crippen LogP contribution < -0.4 is 4.74 Å². The van der Waals surface area contributed by atoms with Gasteiger partial charge in [0.15, 0.2) is 0 Å². The second-order valence-electron chi connectivity index (χ2n) is 9.39. The van der Waals surface area contributed by atoms with Crippen LogP contribution >= 0.6 is 0 Å². The normalized spacial score (nSPS) is 20.7. The average Bonchev–Trinajstić information content (AvgIpc) is 3.16. The molecular weight excluding hydrogens is 460 g/mol. The van der Waals surface area contributed by atoms with E-state index < -0.39 is 5.41 Å². The zero-order valence-corrected chi connectivity index (χ0v) is 21.0. The SMILES string of the molecule is COCCN1C(=O)CC(CC(=O)N2CCC(OCc3ccccc3)CC2)(c2cccc(OC)c2)C1=O. The number of likely N-dealkylation sites (tertiary alicyclic amines) is 2. The van der Waals surface area contributed by atoms with Crippen LogP contribution in [0.3, 0.4) is 0 Å². The Labute approximate surface area is 212 Å². The Kier molecular flexibility index (Phi) is 8.38. The maximum atomic E-state index is 13.7. The lowest BCUT2D eigenvalue weighted by Crippen LogP contribution is -2.46.